The fraction of sp³-hybridized carbons (Fsp3) is 0.353. The largest absolute Gasteiger partial charge is 0.479 e. The van der Waals surface area contributed by atoms with Crippen LogP contribution in [0.5, 0.6) is 0 Å². The minimum absolute atomic E-state index is 0.109. The van der Waals surface area contributed by atoms with Crippen molar-refractivity contribution in [2.24, 2.45) is 0 Å². The summed E-state index contributed by atoms with van der Waals surface area (Å²) in [5.74, 6) is -0.396. The molecular weight excluding hydrogens is 344 g/mol. The zero-order valence-electron chi connectivity index (χ0n) is 14.0. The molecule has 2 aromatic rings. The number of oxazole rings is 1. The first-order valence-corrected chi connectivity index (χ1v) is 8.71. The molecule has 1 unspecified atom stereocenters. The molecule has 0 radical (unpaired) electrons. The van der Waals surface area contributed by atoms with Crippen LogP contribution in [0.15, 0.2) is 41.0 Å². The maximum Gasteiger partial charge on any atom is 0.331 e. The van der Waals surface area contributed by atoms with Gasteiger partial charge in [-0.2, -0.15) is 0 Å². The average molecular weight is 364 g/mol. The highest BCUT2D eigenvalue weighted by atomic mass is 32.2. The number of amides is 1. The lowest BCUT2D eigenvalue weighted by atomic mass is 10.0. The maximum atomic E-state index is 12.0. The van der Waals surface area contributed by atoms with Gasteiger partial charge in [0.25, 0.3) is 0 Å². The molecule has 0 aliphatic heterocycles. The first-order chi connectivity index (χ1) is 11.9. The topological polar surface area (TPSA) is 102 Å². The van der Waals surface area contributed by atoms with Crippen LogP contribution >= 0.6 is 11.8 Å². The second-order valence-corrected chi connectivity index (χ2v) is 6.61. The zero-order chi connectivity index (χ0) is 18.3. The maximum absolute atomic E-state index is 12.0. The van der Waals surface area contributed by atoms with E-state index in [2.05, 4.69) is 10.3 Å². The highest BCUT2D eigenvalue weighted by Gasteiger charge is 2.34. The Hall–Kier alpha value is -2.32. The van der Waals surface area contributed by atoms with Crippen LogP contribution in [-0.2, 0) is 20.1 Å². The Morgan fingerprint density at radius 1 is 1.36 bits per heavy atom. The van der Waals surface area contributed by atoms with Crippen molar-refractivity contribution in [2.75, 3.05) is 19.5 Å². The van der Waals surface area contributed by atoms with E-state index in [4.69, 9.17) is 9.15 Å². The number of benzene rings is 1. The molecule has 1 aromatic carbocycles. The lowest BCUT2D eigenvalue weighted by molar-refractivity contribution is -0.148. The highest BCUT2D eigenvalue weighted by molar-refractivity contribution is 7.99. The van der Waals surface area contributed by atoms with Gasteiger partial charge in [0.2, 0.25) is 11.8 Å². The van der Waals surface area contributed by atoms with Gasteiger partial charge in [-0.1, -0.05) is 18.2 Å². The predicted molar refractivity (Wildman–Crippen MR) is 94.2 cm³/mol. The number of aromatic nitrogens is 1. The number of thioether (sulfide) groups is 1. The summed E-state index contributed by atoms with van der Waals surface area (Å²) in [4.78, 5) is 27.6. The van der Waals surface area contributed by atoms with Gasteiger partial charge < -0.3 is 19.6 Å². The third kappa shape index (κ3) is 5.33. The molecule has 134 valence electrons. The molecule has 0 aliphatic rings. The summed E-state index contributed by atoms with van der Waals surface area (Å²) in [6.07, 6.45) is 1.56. The number of rotatable bonds is 9. The Labute approximate surface area is 149 Å². The summed E-state index contributed by atoms with van der Waals surface area (Å²) in [6, 6.07) is 9.52. The molecule has 0 aliphatic carbocycles. The Morgan fingerprint density at radius 2 is 2.08 bits per heavy atom. The SMILES string of the molecule is COCC(C)(NC(=O)CSCc1coc(-c2ccccc2)n1)C(=O)O. The number of hydrogen-bond donors (Lipinski definition) is 2. The Morgan fingerprint density at radius 3 is 2.72 bits per heavy atom. The summed E-state index contributed by atoms with van der Waals surface area (Å²) < 4.78 is 10.3. The van der Waals surface area contributed by atoms with Crippen LogP contribution in [0.4, 0.5) is 0 Å². The number of ether oxygens (including phenoxy) is 1. The van der Waals surface area contributed by atoms with Crippen LogP contribution < -0.4 is 5.32 Å². The summed E-state index contributed by atoms with van der Waals surface area (Å²) in [5, 5.41) is 11.7. The molecule has 7 nitrogen and oxygen atoms in total. The molecule has 0 fully saturated rings. The van der Waals surface area contributed by atoms with E-state index in [1.807, 2.05) is 30.3 Å². The van der Waals surface area contributed by atoms with Crippen molar-refractivity contribution in [3.05, 3.63) is 42.3 Å². The molecular formula is C17H20N2O5S. The molecule has 0 saturated carbocycles. The van der Waals surface area contributed by atoms with E-state index in [9.17, 15) is 14.7 Å². The van der Waals surface area contributed by atoms with Crippen molar-refractivity contribution < 1.29 is 23.8 Å². The van der Waals surface area contributed by atoms with Crippen molar-refractivity contribution in [1.29, 1.82) is 0 Å². The standard InChI is InChI=1S/C17H20N2O5S/c1-17(11-23-2,16(21)22)19-14(20)10-25-9-13-8-24-15(18-13)12-6-4-3-5-7-12/h3-8H,9-11H2,1-2H3,(H,19,20)(H,21,22). The van der Waals surface area contributed by atoms with Gasteiger partial charge in [-0.15, -0.1) is 11.8 Å². The lowest BCUT2D eigenvalue weighted by Gasteiger charge is -2.25. The van der Waals surface area contributed by atoms with Gasteiger partial charge in [-0.05, 0) is 19.1 Å². The van der Waals surface area contributed by atoms with E-state index in [-0.39, 0.29) is 18.3 Å². The Balaban J connectivity index is 1.83. The van der Waals surface area contributed by atoms with Gasteiger partial charge >= 0.3 is 5.97 Å². The molecule has 1 amide bonds. The van der Waals surface area contributed by atoms with Gasteiger partial charge in [0.05, 0.1) is 18.1 Å². The predicted octanol–water partition coefficient (Wildman–Crippen LogP) is 2.18. The van der Waals surface area contributed by atoms with Crippen LogP contribution in [-0.4, -0.2) is 47.0 Å². The normalized spacial score (nSPS) is 13.2. The first kappa shape index (κ1) is 19.0. The molecule has 0 bridgehead atoms. The van der Waals surface area contributed by atoms with Gasteiger partial charge in [-0.25, -0.2) is 9.78 Å². The molecule has 8 heteroatoms. The number of nitrogens with one attached hydrogen (secondary N) is 1. The van der Waals surface area contributed by atoms with E-state index in [0.717, 1.165) is 11.3 Å². The van der Waals surface area contributed by atoms with Gasteiger partial charge in [0.15, 0.2) is 5.54 Å². The second-order valence-electron chi connectivity index (χ2n) is 5.62. The quantitative estimate of drug-likeness (QED) is 0.703. The van der Waals surface area contributed by atoms with Crippen molar-refractivity contribution in [3.63, 3.8) is 0 Å². The van der Waals surface area contributed by atoms with E-state index in [1.54, 1.807) is 6.26 Å². The number of nitrogens with zero attached hydrogens (tertiary/aromatic N) is 1. The molecule has 0 spiro atoms. The molecule has 1 atom stereocenters. The van der Waals surface area contributed by atoms with Crippen LogP contribution in [0, 0.1) is 0 Å². The minimum atomic E-state index is -1.44. The van der Waals surface area contributed by atoms with E-state index in [1.165, 1.54) is 25.8 Å². The number of carbonyl (C=O) groups is 2. The monoisotopic (exact) mass is 364 g/mol. The average Bonchev–Trinajstić information content (AvgIpc) is 3.04. The molecule has 1 heterocycles. The smallest absolute Gasteiger partial charge is 0.331 e. The van der Waals surface area contributed by atoms with Crippen LogP contribution in [0.1, 0.15) is 12.6 Å². The van der Waals surface area contributed by atoms with Gasteiger partial charge in [0, 0.05) is 18.4 Å². The third-order valence-electron chi connectivity index (χ3n) is 3.38. The lowest BCUT2D eigenvalue weighted by Crippen LogP contribution is -2.55. The number of carboxylic acid groups (broad SMARTS) is 1. The van der Waals surface area contributed by atoms with E-state index >= 15 is 0 Å². The van der Waals surface area contributed by atoms with Crippen molar-refractivity contribution in [2.45, 2.75) is 18.2 Å². The van der Waals surface area contributed by atoms with Gasteiger partial charge in [-0.3, -0.25) is 4.79 Å². The van der Waals surface area contributed by atoms with Crippen LogP contribution in [0.2, 0.25) is 0 Å². The van der Waals surface area contributed by atoms with Gasteiger partial charge in [0.1, 0.15) is 6.26 Å². The number of carbonyl (C=O) groups excluding carboxylic acids is 1. The number of carboxylic acids is 1. The third-order valence-corrected chi connectivity index (χ3v) is 4.34. The molecule has 25 heavy (non-hydrogen) atoms. The Bertz CT molecular complexity index is 719. The molecule has 1 aromatic heterocycles. The Kier molecular flexibility index (Phi) is 6.60. The van der Waals surface area contributed by atoms with E-state index in [0.29, 0.717) is 11.6 Å². The number of methoxy groups -OCH3 is 1. The summed E-state index contributed by atoms with van der Waals surface area (Å²) in [7, 11) is 1.39. The van der Waals surface area contributed by atoms with Crippen LogP contribution in [0.3, 0.4) is 0 Å². The molecule has 2 N–H and O–H groups in total. The van der Waals surface area contributed by atoms with Crippen LogP contribution in [0.25, 0.3) is 11.5 Å². The van der Waals surface area contributed by atoms with Crippen molar-refractivity contribution >= 4 is 23.6 Å². The summed E-state index contributed by atoms with van der Waals surface area (Å²) in [6.45, 7) is 1.30. The highest BCUT2D eigenvalue weighted by Crippen LogP contribution is 2.20. The summed E-state index contributed by atoms with van der Waals surface area (Å²) >= 11 is 1.33. The molecule has 0 saturated heterocycles. The van der Waals surface area contributed by atoms with Crippen molar-refractivity contribution in [1.82, 2.24) is 10.3 Å². The fourth-order valence-electron chi connectivity index (χ4n) is 2.12. The summed E-state index contributed by atoms with van der Waals surface area (Å²) in [5.41, 5.74) is 0.156. The minimum Gasteiger partial charge on any atom is -0.479 e. The fourth-order valence-corrected chi connectivity index (χ4v) is 2.82. The second kappa shape index (κ2) is 8.68. The zero-order valence-corrected chi connectivity index (χ0v) is 14.8. The number of hydrogen-bond acceptors (Lipinski definition) is 6. The number of aliphatic carboxylic acids is 1. The molecule has 2 rings (SSSR count). The first-order valence-electron chi connectivity index (χ1n) is 7.55. The van der Waals surface area contributed by atoms with Crippen molar-refractivity contribution in [3.8, 4) is 11.5 Å². The van der Waals surface area contributed by atoms with E-state index < -0.39 is 11.5 Å².